The van der Waals surface area contributed by atoms with Gasteiger partial charge in [-0.3, -0.25) is 0 Å². The van der Waals surface area contributed by atoms with E-state index in [9.17, 15) is 4.79 Å². The zero-order chi connectivity index (χ0) is 21.5. The van der Waals surface area contributed by atoms with Gasteiger partial charge >= 0.3 is 5.97 Å². The number of carbonyl (C=O) groups is 1. The number of hydrogen-bond acceptors (Lipinski definition) is 6. The van der Waals surface area contributed by atoms with Crippen molar-refractivity contribution in [2.75, 3.05) is 20.3 Å². The molecule has 0 saturated heterocycles. The van der Waals surface area contributed by atoms with Crippen LogP contribution in [-0.4, -0.2) is 36.1 Å². The van der Waals surface area contributed by atoms with Crippen LogP contribution in [0, 0.1) is 0 Å². The Morgan fingerprint density at radius 2 is 1.70 bits per heavy atom. The number of carbonyl (C=O) groups excluding carboxylic acids is 1. The van der Waals surface area contributed by atoms with Crippen LogP contribution < -0.4 is 14.2 Å². The van der Waals surface area contributed by atoms with Crippen LogP contribution in [0.4, 0.5) is 0 Å². The first-order valence-corrected chi connectivity index (χ1v) is 10.3. The van der Waals surface area contributed by atoms with Crippen LogP contribution in [0.3, 0.4) is 0 Å². The molecule has 0 aliphatic rings. The van der Waals surface area contributed by atoms with E-state index in [0.717, 1.165) is 15.7 Å². The van der Waals surface area contributed by atoms with Gasteiger partial charge in [0, 0.05) is 10.0 Å². The summed E-state index contributed by atoms with van der Waals surface area (Å²) in [6.45, 7) is 4.85. The molecule has 158 valence electrons. The average Bonchev–Trinajstić information content (AvgIpc) is 3.20. The molecule has 0 aliphatic carbocycles. The summed E-state index contributed by atoms with van der Waals surface area (Å²) >= 11 is 3.50. The number of esters is 1. The molecule has 0 fully saturated rings. The van der Waals surface area contributed by atoms with Gasteiger partial charge in [-0.15, -0.1) is 0 Å². The Bertz CT molecular complexity index is 1000. The fourth-order valence-corrected chi connectivity index (χ4v) is 3.23. The second kappa shape index (κ2) is 10.2. The van der Waals surface area contributed by atoms with E-state index >= 15 is 0 Å². The van der Waals surface area contributed by atoms with Gasteiger partial charge in [-0.25, -0.2) is 9.48 Å². The third-order valence-corrected chi connectivity index (χ3v) is 4.92. The van der Waals surface area contributed by atoms with E-state index in [0.29, 0.717) is 30.5 Å². The molecule has 30 heavy (non-hydrogen) atoms. The van der Waals surface area contributed by atoms with E-state index in [1.807, 2.05) is 50.2 Å². The molecule has 1 aromatic heterocycles. The zero-order valence-corrected chi connectivity index (χ0v) is 18.6. The van der Waals surface area contributed by atoms with Crippen molar-refractivity contribution in [1.82, 2.24) is 9.78 Å². The topological polar surface area (TPSA) is 71.8 Å². The Morgan fingerprint density at radius 1 is 1.03 bits per heavy atom. The number of aromatic nitrogens is 2. The van der Waals surface area contributed by atoms with E-state index in [2.05, 4.69) is 21.0 Å². The van der Waals surface area contributed by atoms with Gasteiger partial charge in [-0.05, 0) is 38.1 Å². The van der Waals surface area contributed by atoms with Gasteiger partial charge in [0.2, 0.25) is 5.69 Å². The first kappa shape index (κ1) is 21.7. The summed E-state index contributed by atoms with van der Waals surface area (Å²) in [5.41, 5.74) is 1.66. The minimum absolute atomic E-state index is 0.0350. The molecule has 1 heterocycles. The highest BCUT2D eigenvalue weighted by atomic mass is 79.9. The van der Waals surface area contributed by atoms with Crippen molar-refractivity contribution in [3.63, 3.8) is 0 Å². The van der Waals surface area contributed by atoms with Gasteiger partial charge < -0.3 is 18.9 Å². The molecule has 0 N–H and O–H groups in total. The molecule has 7 nitrogen and oxygen atoms in total. The molecule has 0 amide bonds. The predicted molar refractivity (Wildman–Crippen MR) is 116 cm³/mol. The molecule has 3 rings (SSSR count). The van der Waals surface area contributed by atoms with Crippen molar-refractivity contribution in [3.8, 4) is 22.9 Å². The third-order valence-electron chi connectivity index (χ3n) is 4.19. The van der Waals surface area contributed by atoms with Gasteiger partial charge in [0.1, 0.15) is 6.61 Å². The Labute approximate surface area is 183 Å². The largest absolute Gasteiger partial charge is 0.493 e. The van der Waals surface area contributed by atoms with Crippen molar-refractivity contribution in [2.45, 2.75) is 20.5 Å². The SMILES string of the molecule is CCOc1cc(Br)c(COC(=O)c2nn(-c3ccccc3)cc2OC)cc1OCC. The maximum atomic E-state index is 12.7. The molecule has 2 aromatic carbocycles. The first-order chi connectivity index (χ1) is 14.6. The summed E-state index contributed by atoms with van der Waals surface area (Å²) in [6, 6.07) is 13.1. The fraction of sp³-hybridized carbons (Fsp3) is 0.273. The molecule has 0 atom stereocenters. The van der Waals surface area contributed by atoms with Crippen LogP contribution in [0.1, 0.15) is 29.9 Å². The van der Waals surface area contributed by atoms with E-state index < -0.39 is 5.97 Å². The van der Waals surface area contributed by atoms with Crippen LogP contribution in [-0.2, 0) is 11.3 Å². The molecule has 0 spiro atoms. The van der Waals surface area contributed by atoms with Crippen molar-refractivity contribution in [1.29, 1.82) is 0 Å². The van der Waals surface area contributed by atoms with Crippen LogP contribution in [0.15, 0.2) is 53.1 Å². The van der Waals surface area contributed by atoms with Crippen molar-refractivity contribution in [3.05, 3.63) is 64.4 Å². The number of nitrogens with zero attached hydrogens (tertiary/aromatic N) is 2. The lowest BCUT2D eigenvalue weighted by atomic mass is 10.2. The normalized spacial score (nSPS) is 10.5. The lowest BCUT2D eigenvalue weighted by molar-refractivity contribution is 0.0460. The van der Waals surface area contributed by atoms with Crippen LogP contribution >= 0.6 is 15.9 Å². The first-order valence-electron chi connectivity index (χ1n) is 9.51. The molecule has 3 aromatic rings. The molecule has 0 radical (unpaired) electrons. The summed E-state index contributed by atoms with van der Waals surface area (Å²) < 4.78 is 24.4. The third kappa shape index (κ3) is 4.94. The summed E-state index contributed by atoms with van der Waals surface area (Å²) in [4.78, 5) is 12.7. The fourth-order valence-electron chi connectivity index (χ4n) is 2.80. The molecule has 0 bridgehead atoms. The number of halogens is 1. The van der Waals surface area contributed by atoms with Crippen LogP contribution in [0.2, 0.25) is 0 Å². The lowest BCUT2D eigenvalue weighted by Crippen LogP contribution is -2.09. The van der Waals surface area contributed by atoms with Gasteiger partial charge in [0.05, 0.1) is 32.2 Å². The lowest BCUT2D eigenvalue weighted by Gasteiger charge is -2.14. The average molecular weight is 475 g/mol. The maximum Gasteiger partial charge on any atom is 0.363 e. The number of hydrogen-bond donors (Lipinski definition) is 0. The molecular weight excluding hydrogens is 452 g/mol. The summed E-state index contributed by atoms with van der Waals surface area (Å²) in [5, 5.41) is 4.33. The molecule has 8 heteroatoms. The van der Waals surface area contributed by atoms with E-state index in [-0.39, 0.29) is 12.3 Å². The summed E-state index contributed by atoms with van der Waals surface area (Å²) in [6.07, 6.45) is 1.64. The Kier molecular flexibility index (Phi) is 7.35. The minimum atomic E-state index is -0.583. The monoisotopic (exact) mass is 474 g/mol. The van der Waals surface area contributed by atoms with Crippen molar-refractivity contribution >= 4 is 21.9 Å². The van der Waals surface area contributed by atoms with Crippen LogP contribution in [0.25, 0.3) is 5.69 Å². The van der Waals surface area contributed by atoms with Crippen LogP contribution in [0.5, 0.6) is 17.2 Å². The Balaban J connectivity index is 1.79. The number of rotatable bonds is 9. The number of para-hydroxylation sites is 1. The van der Waals surface area contributed by atoms with Gasteiger partial charge in [-0.2, -0.15) is 5.10 Å². The smallest absolute Gasteiger partial charge is 0.363 e. The quantitative estimate of drug-likeness (QED) is 0.414. The van der Waals surface area contributed by atoms with Gasteiger partial charge in [0.15, 0.2) is 17.2 Å². The number of methoxy groups -OCH3 is 1. The van der Waals surface area contributed by atoms with Crippen molar-refractivity contribution in [2.24, 2.45) is 0 Å². The highest BCUT2D eigenvalue weighted by molar-refractivity contribution is 9.10. The highest BCUT2D eigenvalue weighted by Crippen LogP contribution is 2.34. The van der Waals surface area contributed by atoms with Gasteiger partial charge in [0.25, 0.3) is 0 Å². The second-order valence-electron chi connectivity index (χ2n) is 6.16. The minimum Gasteiger partial charge on any atom is -0.493 e. The van der Waals surface area contributed by atoms with Crippen molar-refractivity contribution < 1.29 is 23.7 Å². The molecule has 0 aliphatic heterocycles. The highest BCUT2D eigenvalue weighted by Gasteiger charge is 2.21. The maximum absolute atomic E-state index is 12.7. The second-order valence-corrected chi connectivity index (χ2v) is 7.01. The van der Waals surface area contributed by atoms with E-state index in [4.69, 9.17) is 18.9 Å². The Morgan fingerprint density at radius 3 is 2.33 bits per heavy atom. The summed E-state index contributed by atoms with van der Waals surface area (Å²) in [5.74, 6) is 0.981. The van der Waals surface area contributed by atoms with E-state index in [1.54, 1.807) is 16.9 Å². The van der Waals surface area contributed by atoms with E-state index in [1.165, 1.54) is 7.11 Å². The Hall–Kier alpha value is -3.00. The molecule has 0 unspecified atom stereocenters. The number of benzene rings is 2. The summed E-state index contributed by atoms with van der Waals surface area (Å²) in [7, 11) is 1.49. The zero-order valence-electron chi connectivity index (χ0n) is 17.1. The molecule has 0 saturated carbocycles. The standard InChI is InChI=1S/C22H23BrN2O5/c1-4-28-18-11-15(17(23)12-19(18)29-5-2)14-30-22(26)21-20(27-3)13-25(24-21)16-9-7-6-8-10-16/h6-13H,4-5,14H2,1-3H3. The number of ether oxygens (including phenoxy) is 4. The molecular formula is C22H23BrN2O5. The van der Waals surface area contributed by atoms with Gasteiger partial charge in [-0.1, -0.05) is 34.1 Å². The predicted octanol–water partition coefficient (Wildman–Crippen LogP) is 4.80.